The summed E-state index contributed by atoms with van der Waals surface area (Å²) in [4.78, 5) is 19.8. The Kier molecular flexibility index (Phi) is 8.91. The molecule has 1 aromatic heterocycles. The summed E-state index contributed by atoms with van der Waals surface area (Å²) >= 11 is 0. The van der Waals surface area contributed by atoms with Gasteiger partial charge < -0.3 is 15.4 Å². The number of aryl methyl sites for hydroxylation is 2. The van der Waals surface area contributed by atoms with Crippen LogP contribution in [0.3, 0.4) is 0 Å². The molecule has 2 heterocycles. The van der Waals surface area contributed by atoms with E-state index in [1.165, 1.54) is 11.1 Å². The largest absolute Gasteiger partial charge is 0.497 e. The topological polar surface area (TPSA) is 101 Å². The Morgan fingerprint density at radius 3 is 2.61 bits per heavy atom. The molecule has 4 rings (SSSR count). The van der Waals surface area contributed by atoms with Crippen molar-refractivity contribution in [2.75, 3.05) is 26.7 Å². The summed E-state index contributed by atoms with van der Waals surface area (Å²) in [6, 6.07) is 16.4. The molecule has 4 N–H and O–H groups in total. The van der Waals surface area contributed by atoms with Crippen LogP contribution >= 0.6 is 0 Å². The van der Waals surface area contributed by atoms with Gasteiger partial charge in [0.15, 0.2) is 0 Å². The quantitative estimate of drug-likeness (QED) is 0.275. The Morgan fingerprint density at radius 1 is 1.14 bits per heavy atom. The lowest BCUT2D eigenvalue weighted by atomic mass is 9.73. The van der Waals surface area contributed by atoms with Gasteiger partial charge in [0, 0.05) is 18.1 Å². The van der Waals surface area contributed by atoms with E-state index in [1.54, 1.807) is 7.11 Å². The number of fused-ring (bicyclic) bond motifs is 1. The molecule has 1 saturated heterocycles. The van der Waals surface area contributed by atoms with E-state index in [-0.39, 0.29) is 5.91 Å². The second-order valence-electron chi connectivity index (χ2n) is 9.85. The van der Waals surface area contributed by atoms with Crippen LogP contribution in [-0.4, -0.2) is 47.7 Å². The Labute approximate surface area is 213 Å². The zero-order valence-electron chi connectivity index (χ0n) is 21.2. The third-order valence-corrected chi connectivity index (χ3v) is 7.76. The second-order valence-corrected chi connectivity index (χ2v) is 9.85. The number of hydrogen-bond acceptors (Lipinski definition) is 6. The number of rotatable bonds is 11. The third-order valence-electron chi connectivity index (χ3n) is 7.76. The lowest BCUT2D eigenvalue weighted by Crippen LogP contribution is -2.48. The molecule has 0 saturated carbocycles. The number of nitrogens with zero attached hydrogens (tertiary/aromatic N) is 2. The maximum atomic E-state index is 12.8. The Bertz CT molecular complexity index is 1140. The van der Waals surface area contributed by atoms with Gasteiger partial charge in [0.1, 0.15) is 5.75 Å². The highest BCUT2D eigenvalue weighted by atomic mass is 16.5. The van der Waals surface area contributed by atoms with E-state index in [2.05, 4.69) is 34.1 Å². The number of carbonyl (C=O) groups excluding carboxylic acids is 1. The minimum Gasteiger partial charge on any atom is -0.497 e. The zero-order valence-corrected chi connectivity index (χ0v) is 21.2. The van der Waals surface area contributed by atoms with Crippen LogP contribution < -0.4 is 16.0 Å². The minimum atomic E-state index is -0.548. The van der Waals surface area contributed by atoms with Crippen molar-refractivity contribution in [2.24, 2.45) is 11.1 Å². The third kappa shape index (κ3) is 6.03. The summed E-state index contributed by atoms with van der Waals surface area (Å²) in [5.41, 5.74) is 11.9. The molecule has 1 aliphatic heterocycles. The molecule has 7 heteroatoms. The van der Waals surface area contributed by atoms with Gasteiger partial charge in [-0.2, -0.15) is 0 Å². The molecular weight excluding hydrogens is 452 g/mol. The molecule has 0 aliphatic carbocycles. The number of hydrogen-bond donors (Lipinski definition) is 3. The van der Waals surface area contributed by atoms with Gasteiger partial charge in [-0.05, 0) is 99.5 Å². The molecule has 0 radical (unpaired) electrons. The van der Waals surface area contributed by atoms with Gasteiger partial charge in [-0.25, -0.2) is 5.48 Å². The van der Waals surface area contributed by atoms with Crippen molar-refractivity contribution in [1.29, 1.82) is 0 Å². The molecule has 0 bridgehead atoms. The molecule has 1 amide bonds. The summed E-state index contributed by atoms with van der Waals surface area (Å²) in [5, 5.41) is 10.6. The minimum absolute atomic E-state index is 0.258. The van der Waals surface area contributed by atoms with Crippen LogP contribution in [0.25, 0.3) is 10.9 Å². The Hall–Kier alpha value is -3.00. The molecule has 7 nitrogen and oxygen atoms in total. The number of nitrogens with one attached hydrogen (secondary N) is 1. The van der Waals surface area contributed by atoms with Gasteiger partial charge in [-0.15, -0.1) is 0 Å². The van der Waals surface area contributed by atoms with Crippen LogP contribution in [0.15, 0.2) is 54.7 Å². The first-order chi connectivity index (χ1) is 17.6. The number of ether oxygens (including phenoxy) is 1. The first-order valence-corrected chi connectivity index (χ1v) is 12.9. The summed E-state index contributed by atoms with van der Waals surface area (Å²) < 4.78 is 5.43. The van der Waals surface area contributed by atoms with Crippen LogP contribution in [-0.2, 0) is 24.2 Å². The van der Waals surface area contributed by atoms with E-state index >= 15 is 0 Å². The van der Waals surface area contributed by atoms with E-state index in [0.717, 1.165) is 86.8 Å². The lowest BCUT2D eigenvalue weighted by molar-refractivity contribution is -0.143. The molecule has 192 valence electrons. The SMILES string of the molecule is COc1ccc2ncc(CN)c(CCCC3(C(=O)NO)CCN(CCCc4ccccc4)CC3)c2c1. The van der Waals surface area contributed by atoms with Gasteiger partial charge in [0.25, 0.3) is 0 Å². The summed E-state index contributed by atoms with van der Waals surface area (Å²) in [6.07, 6.45) is 7.85. The van der Waals surface area contributed by atoms with Crippen LogP contribution in [0.2, 0.25) is 0 Å². The van der Waals surface area contributed by atoms with E-state index in [4.69, 9.17) is 10.5 Å². The Balaban J connectivity index is 1.38. The van der Waals surface area contributed by atoms with Crippen molar-refractivity contribution in [3.05, 3.63) is 71.4 Å². The highest BCUT2D eigenvalue weighted by Crippen LogP contribution is 2.38. The highest BCUT2D eigenvalue weighted by molar-refractivity contribution is 5.84. The van der Waals surface area contributed by atoms with Gasteiger partial charge in [-0.3, -0.25) is 15.0 Å². The molecule has 3 aromatic rings. The van der Waals surface area contributed by atoms with E-state index < -0.39 is 5.41 Å². The number of methoxy groups -OCH3 is 1. The molecule has 1 fully saturated rings. The lowest BCUT2D eigenvalue weighted by Gasteiger charge is -2.40. The number of hydroxylamine groups is 1. The van der Waals surface area contributed by atoms with Gasteiger partial charge in [0.2, 0.25) is 5.91 Å². The number of likely N-dealkylation sites (tertiary alicyclic amines) is 1. The fourth-order valence-electron chi connectivity index (χ4n) is 5.53. The predicted molar refractivity (Wildman–Crippen MR) is 142 cm³/mol. The number of benzene rings is 2. The van der Waals surface area contributed by atoms with Crippen molar-refractivity contribution in [2.45, 2.75) is 51.5 Å². The normalized spacial score (nSPS) is 15.6. The summed E-state index contributed by atoms with van der Waals surface area (Å²) in [6.45, 7) is 3.17. The zero-order chi connectivity index (χ0) is 25.4. The molecule has 2 aromatic carbocycles. The number of amides is 1. The van der Waals surface area contributed by atoms with Gasteiger partial charge in [-0.1, -0.05) is 30.3 Å². The molecule has 0 atom stereocenters. The van der Waals surface area contributed by atoms with Crippen LogP contribution in [0.5, 0.6) is 5.75 Å². The van der Waals surface area contributed by atoms with Crippen molar-refractivity contribution < 1.29 is 14.7 Å². The van der Waals surface area contributed by atoms with Crippen molar-refractivity contribution in [1.82, 2.24) is 15.4 Å². The fourth-order valence-corrected chi connectivity index (χ4v) is 5.53. The first-order valence-electron chi connectivity index (χ1n) is 12.9. The number of piperidine rings is 1. The number of aromatic nitrogens is 1. The summed E-state index contributed by atoms with van der Waals surface area (Å²) in [7, 11) is 1.66. The molecule has 0 spiro atoms. The van der Waals surface area contributed by atoms with Gasteiger partial charge >= 0.3 is 0 Å². The van der Waals surface area contributed by atoms with Gasteiger partial charge in [0.05, 0.1) is 18.0 Å². The second kappa shape index (κ2) is 12.3. The van der Waals surface area contributed by atoms with Crippen molar-refractivity contribution in [3.8, 4) is 5.75 Å². The van der Waals surface area contributed by atoms with E-state index in [0.29, 0.717) is 6.54 Å². The fraction of sp³-hybridized carbons (Fsp3) is 0.448. The number of nitrogens with two attached hydrogens (primary N) is 1. The highest BCUT2D eigenvalue weighted by Gasteiger charge is 2.40. The molecule has 1 aliphatic rings. The Morgan fingerprint density at radius 2 is 1.92 bits per heavy atom. The molecule has 36 heavy (non-hydrogen) atoms. The maximum absolute atomic E-state index is 12.8. The standard InChI is InChI=1S/C29H38N4O3/c1-36-24-11-12-27-26(19-24)25(23(20-30)21-31-27)10-5-13-29(28(34)32-35)14-17-33(18-15-29)16-6-9-22-7-3-2-4-8-22/h2-4,7-8,11-12,19,21,35H,5-6,9-10,13-18,20,30H2,1H3,(H,32,34). The average molecular weight is 491 g/mol. The van der Waals surface area contributed by atoms with Crippen LogP contribution in [0, 0.1) is 5.41 Å². The predicted octanol–water partition coefficient (Wildman–Crippen LogP) is 4.25. The average Bonchev–Trinajstić information content (AvgIpc) is 2.93. The number of pyridine rings is 1. The van der Waals surface area contributed by atoms with E-state index in [1.807, 2.05) is 35.9 Å². The van der Waals surface area contributed by atoms with Crippen LogP contribution in [0.4, 0.5) is 0 Å². The smallest absolute Gasteiger partial charge is 0.249 e. The van der Waals surface area contributed by atoms with Crippen molar-refractivity contribution in [3.63, 3.8) is 0 Å². The molecular formula is C29H38N4O3. The first kappa shape index (κ1) is 26.1. The number of carbonyl (C=O) groups is 1. The monoisotopic (exact) mass is 490 g/mol. The summed E-state index contributed by atoms with van der Waals surface area (Å²) in [5.74, 6) is 0.530. The van der Waals surface area contributed by atoms with Crippen molar-refractivity contribution >= 4 is 16.8 Å². The van der Waals surface area contributed by atoms with Crippen LogP contribution in [0.1, 0.15) is 48.8 Å². The molecule has 0 unspecified atom stereocenters. The maximum Gasteiger partial charge on any atom is 0.249 e. The van der Waals surface area contributed by atoms with E-state index in [9.17, 15) is 10.0 Å².